The van der Waals surface area contributed by atoms with Crippen LogP contribution in [0.2, 0.25) is 0 Å². The van der Waals surface area contributed by atoms with Crippen molar-refractivity contribution < 1.29 is 9.53 Å². The van der Waals surface area contributed by atoms with Gasteiger partial charge in [0.1, 0.15) is 5.75 Å². The predicted molar refractivity (Wildman–Crippen MR) is 78.9 cm³/mol. The van der Waals surface area contributed by atoms with E-state index in [2.05, 4.69) is 20.5 Å². The molecule has 0 bridgehead atoms. The summed E-state index contributed by atoms with van der Waals surface area (Å²) in [5.41, 5.74) is 7.71. The van der Waals surface area contributed by atoms with Crippen molar-refractivity contribution in [3.63, 3.8) is 0 Å². The fourth-order valence-electron chi connectivity index (χ4n) is 1.52. The third-order valence-corrected chi connectivity index (χ3v) is 2.82. The van der Waals surface area contributed by atoms with Gasteiger partial charge >= 0.3 is 0 Å². The minimum absolute atomic E-state index is 0.195. The van der Waals surface area contributed by atoms with Crippen LogP contribution in [0.1, 0.15) is 17.8 Å². The fraction of sp³-hybridized carbons (Fsp3) is 0.286. The number of nitrogens with two attached hydrogens (primary N) is 1. The zero-order chi connectivity index (χ0) is 15.2. The number of carbonyl (C=O) groups is 1. The van der Waals surface area contributed by atoms with Crippen LogP contribution in [0.4, 0.5) is 11.6 Å². The molecule has 1 aromatic carbocycles. The van der Waals surface area contributed by atoms with Gasteiger partial charge in [0.05, 0.1) is 24.4 Å². The molecule has 0 aliphatic carbocycles. The van der Waals surface area contributed by atoms with Crippen LogP contribution in [0.15, 0.2) is 24.3 Å². The molecule has 0 fully saturated rings. The molecule has 0 spiro atoms. The van der Waals surface area contributed by atoms with Crippen molar-refractivity contribution in [2.75, 3.05) is 17.7 Å². The van der Waals surface area contributed by atoms with E-state index < -0.39 is 0 Å². The standard InChI is InChI=1S/C14H17N5O2/c1-9-10(2)18-19-14(16-9)17-13(20)7-8-21-12-5-3-11(15)4-6-12/h3-6H,7-8,15H2,1-2H3,(H,16,17,19,20). The third kappa shape index (κ3) is 4.41. The topological polar surface area (TPSA) is 103 Å². The molecule has 110 valence electrons. The lowest BCUT2D eigenvalue weighted by molar-refractivity contribution is -0.116. The second kappa shape index (κ2) is 6.65. The van der Waals surface area contributed by atoms with Crippen molar-refractivity contribution in [1.29, 1.82) is 0 Å². The quantitative estimate of drug-likeness (QED) is 0.807. The van der Waals surface area contributed by atoms with Crippen molar-refractivity contribution >= 4 is 17.5 Å². The van der Waals surface area contributed by atoms with E-state index in [1.54, 1.807) is 31.2 Å². The summed E-state index contributed by atoms with van der Waals surface area (Å²) in [5.74, 6) is 0.646. The van der Waals surface area contributed by atoms with Gasteiger partial charge < -0.3 is 10.5 Å². The van der Waals surface area contributed by atoms with Gasteiger partial charge in [0.2, 0.25) is 11.9 Å². The van der Waals surface area contributed by atoms with Crippen molar-refractivity contribution in [1.82, 2.24) is 15.2 Å². The maximum absolute atomic E-state index is 11.7. The molecule has 7 heteroatoms. The Morgan fingerprint density at radius 2 is 1.90 bits per heavy atom. The Balaban J connectivity index is 1.79. The molecule has 3 N–H and O–H groups in total. The van der Waals surface area contributed by atoms with E-state index in [0.717, 1.165) is 11.4 Å². The molecule has 21 heavy (non-hydrogen) atoms. The lowest BCUT2D eigenvalue weighted by Gasteiger charge is -2.07. The second-order valence-corrected chi connectivity index (χ2v) is 4.52. The number of nitrogen functional groups attached to an aromatic ring is 1. The fourth-order valence-corrected chi connectivity index (χ4v) is 1.52. The van der Waals surface area contributed by atoms with E-state index in [4.69, 9.17) is 10.5 Å². The van der Waals surface area contributed by atoms with Crippen LogP contribution in [0.5, 0.6) is 5.75 Å². The van der Waals surface area contributed by atoms with Crippen molar-refractivity contribution in [2.24, 2.45) is 0 Å². The minimum atomic E-state index is -0.226. The number of anilines is 2. The van der Waals surface area contributed by atoms with Crippen LogP contribution in [-0.4, -0.2) is 27.7 Å². The normalized spacial score (nSPS) is 10.2. The van der Waals surface area contributed by atoms with E-state index in [1.807, 2.05) is 6.92 Å². The average molecular weight is 287 g/mol. The molecule has 0 saturated carbocycles. The first-order chi connectivity index (χ1) is 10.0. The molecular weight excluding hydrogens is 270 g/mol. The van der Waals surface area contributed by atoms with Gasteiger partial charge in [-0.05, 0) is 38.1 Å². The number of aryl methyl sites for hydroxylation is 2. The molecule has 0 aliphatic rings. The number of hydrogen-bond acceptors (Lipinski definition) is 6. The summed E-state index contributed by atoms with van der Waals surface area (Å²) in [5, 5.41) is 10.3. The first-order valence-electron chi connectivity index (χ1n) is 6.50. The van der Waals surface area contributed by atoms with Crippen LogP contribution >= 0.6 is 0 Å². The summed E-state index contributed by atoms with van der Waals surface area (Å²) in [6.45, 7) is 3.87. The van der Waals surface area contributed by atoms with E-state index in [1.165, 1.54) is 0 Å². The van der Waals surface area contributed by atoms with Gasteiger partial charge in [-0.2, -0.15) is 5.10 Å². The van der Waals surface area contributed by atoms with Gasteiger partial charge in [0.15, 0.2) is 0 Å². The Bertz CT molecular complexity index is 628. The van der Waals surface area contributed by atoms with Crippen LogP contribution < -0.4 is 15.8 Å². The van der Waals surface area contributed by atoms with E-state index in [-0.39, 0.29) is 24.9 Å². The molecule has 1 amide bonds. The number of hydrogen-bond donors (Lipinski definition) is 2. The monoisotopic (exact) mass is 287 g/mol. The average Bonchev–Trinajstić information content (AvgIpc) is 2.45. The highest BCUT2D eigenvalue weighted by atomic mass is 16.5. The molecule has 0 aliphatic heterocycles. The summed E-state index contributed by atoms with van der Waals surface area (Å²) in [6.07, 6.45) is 0.195. The third-order valence-electron chi connectivity index (χ3n) is 2.82. The summed E-state index contributed by atoms with van der Waals surface area (Å²) < 4.78 is 5.44. The highest BCUT2D eigenvalue weighted by Crippen LogP contribution is 2.13. The predicted octanol–water partition coefficient (Wildman–Crippen LogP) is 1.48. The van der Waals surface area contributed by atoms with Gasteiger partial charge in [-0.3, -0.25) is 10.1 Å². The first kappa shape index (κ1) is 14.7. The van der Waals surface area contributed by atoms with Gasteiger partial charge in [0.25, 0.3) is 0 Å². The number of amides is 1. The molecule has 0 radical (unpaired) electrons. The minimum Gasteiger partial charge on any atom is -0.493 e. The number of nitrogens with zero attached hydrogens (tertiary/aromatic N) is 3. The summed E-state index contributed by atoms with van der Waals surface area (Å²) in [6, 6.07) is 6.99. The molecule has 1 heterocycles. The zero-order valence-corrected chi connectivity index (χ0v) is 12.0. The molecule has 0 saturated heterocycles. The number of rotatable bonds is 5. The number of ether oxygens (including phenoxy) is 1. The molecule has 7 nitrogen and oxygen atoms in total. The van der Waals surface area contributed by atoms with Gasteiger partial charge in [-0.1, -0.05) is 0 Å². The van der Waals surface area contributed by atoms with Crippen LogP contribution in [0, 0.1) is 13.8 Å². The maximum atomic E-state index is 11.7. The van der Waals surface area contributed by atoms with Gasteiger partial charge in [-0.25, -0.2) is 4.98 Å². The molecule has 2 aromatic rings. The number of benzene rings is 1. The number of carbonyl (C=O) groups excluding carboxylic acids is 1. The van der Waals surface area contributed by atoms with Gasteiger partial charge in [0, 0.05) is 5.69 Å². The van der Waals surface area contributed by atoms with Crippen molar-refractivity contribution in [3.05, 3.63) is 35.7 Å². The molecule has 0 unspecified atom stereocenters. The Morgan fingerprint density at radius 3 is 2.57 bits per heavy atom. The Morgan fingerprint density at radius 1 is 1.19 bits per heavy atom. The Hall–Kier alpha value is -2.70. The SMILES string of the molecule is Cc1nnc(NC(=O)CCOc2ccc(N)cc2)nc1C. The molecular formula is C14H17N5O2. The van der Waals surface area contributed by atoms with Crippen molar-refractivity contribution in [3.8, 4) is 5.75 Å². The summed E-state index contributed by atoms with van der Waals surface area (Å²) in [7, 11) is 0. The second-order valence-electron chi connectivity index (χ2n) is 4.52. The smallest absolute Gasteiger partial charge is 0.249 e. The highest BCUT2D eigenvalue weighted by Gasteiger charge is 2.07. The maximum Gasteiger partial charge on any atom is 0.249 e. The van der Waals surface area contributed by atoms with Crippen molar-refractivity contribution in [2.45, 2.75) is 20.3 Å². The lowest BCUT2D eigenvalue weighted by atomic mass is 10.3. The summed E-state index contributed by atoms with van der Waals surface area (Å²) >= 11 is 0. The largest absolute Gasteiger partial charge is 0.493 e. The van der Waals surface area contributed by atoms with Crippen LogP contribution in [-0.2, 0) is 4.79 Å². The van der Waals surface area contributed by atoms with Crippen LogP contribution in [0.3, 0.4) is 0 Å². The van der Waals surface area contributed by atoms with Crippen LogP contribution in [0.25, 0.3) is 0 Å². The van der Waals surface area contributed by atoms with Gasteiger partial charge in [-0.15, -0.1) is 5.10 Å². The van der Waals surface area contributed by atoms with E-state index in [0.29, 0.717) is 11.4 Å². The number of aromatic nitrogens is 3. The van der Waals surface area contributed by atoms with E-state index >= 15 is 0 Å². The molecule has 2 rings (SSSR count). The Kier molecular flexibility index (Phi) is 4.65. The first-order valence-corrected chi connectivity index (χ1v) is 6.50. The lowest BCUT2D eigenvalue weighted by Crippen LogP contribution is -2.18. The van der Waals surface area contributed by atoms with E-state index in [9.17, 15) is 4.79 Å². The molecule has 1 aromatic heterocycles. The molecule has 0 atom stereocenters. The number of nitrogens with one attached hydrogen (secondary N) is 1. The Labute approximate surface area is 122 Å². The zero-order valence-electron chi connectivity index (χ0n) is 12.0. The summed E-state index contributed by atoms with van der Waals surface area (Å²) in [4.78, 5) is 15.9. The highest BCUT2D eigenvalue weighted by molar-refractivity contribution is 5.88.